The third kappa shape index (κ3) is 5.53. The Kier molecular flexibility index (Phi) is 7.28. The lowest BCUT2D eigenvalue weighted by atomic mass is 9.90. The highest BCUT2D eigenvalue weighted by Crippen LogP contribution is 2.20. The van der Waals surface area contributed by atoms with Crippen LogP contribution >= 0.6 is 0 Å². The van der Waals surface area contributed by atoms with Crippen LogP contribution in [0.2, 0.25) is 0 Å². The van der Waals surface area contributed by atoms with Gasteiger partial charge in [0.05, 0.1) is 0 Å². The molecule has 0 aromatic heterocycles. The second kappa shape index (κ2) is 8.60. The molecule has 1 aliphatic carbocycles. The van der Waals surface area contributed by atoms with E-state index in [1.165, 1.54) is 64.2 Å². The van der Waals surface area contributed by atoms with Crippen LogP contribution in [0.25, 0.3) is 0 Å². The van der Waals surface area contributed by atoms with E-state index in [-0.39, 0.29) is 0 Å². The molecule has 1 amide bonds. The predicted octanol–water partition coefficient (Wildman–Crippen LogP) is 3.65. The van der Waals surface area contributed by atoms with E-state index in [9.17, 15) is 4.79 Å². The fourth-order valence-corrected chi connectivity index (χ4v) is 2.71. The summed E-state index contributed by atoms with van der Waals surface area (Å²) in [4.78, 5) is 10.6. The van der Waals surface area contributed by atoms with Gasteiger partial charge < -0.3 is 5.32 Å². The van der Waals surface area contributed by atoms with E-state index in [1.807, 2.05) is 0 Å². The molecular formula is C14H27NO. The minimum Gasteiger partial charge on any atom is -0.356 e. The highest BCUT2D eigenvalue weighted by Gasteiger charge is 2.15. The van der Waals surface area contributed by atoms with Crippen LogP contribution in [0.1, 0.15) is 71.1 Å². The molecule has 1 N–H and O–H groups in total. The Balaban J connectivity index is 2.36. The normalized spacial score (nSPS) is 29.8. The van der Waals surface area contributed by atoms with Gasteiger partial charge in [0, 0.05) is 6.04 Å². The molecule has 0 aromatic rings. The molecule has 0 saturated heterocycles. The molecule has 16 heavy (non-hydrogen) atoms. The first-order chi connectivity index (χ1) is 7.84. The summed E-state index contributed by atoms with van der Waals surface area (Å²) >= 11 is 0. The smallest absolute Gasteiger partial charge is 0.207 e. The van der Waals surface area contributed by atoms with Crippen molar-refractivity contribution in [2.45, 2.75) is 77.2 Å². The van der Waals surface area contributed by atoms with E-state index < -0.39 is 0 Å². The second-order valence-corrected chi connectivity index (χ2v) is 5.27. The number of hydrogen-bond acceptors (Lipinski definition) is 1. The molecule has 1 saturated carbocycles. The quantitative estimate of drug-likeness (QED) is 0.714. The zero-order chi connectivity index (χ0) is 11.6. The molecule has 1 aliphatic rings. The molecule has 2 heteroatoms. The van der Waals surface area contributed by atoms with E-state index in [0.717, 1.165) is 6.41 Å². The first-order valence-electron chi connectivity index (χ1n) is 7.04. The minimum absolute atomic E-state index is 0.414. The molecule has 0 radical (unpaired) electrons. The van der Waals surface area contributed by atoms with Crippen molar-refractivity contribution in [3.8, 4) is 0 Å². The lowest BCUT2D eigenvalue weighted by Gasteiger charge is -2.24. The first-order valence-corrected chi connectivity index (χ1v) is 7.04. The van der Waals surface area contributed by atoms with Crippen molar-refractivity contribution in [2.24, 2.45) is 5.92 Å². The number of carbonyl (C=O) groups is 1. The Morgan fingerprint density at radius 2 is 1.38 bits per heavy atom. The Morgan fingerprint density at radius 1 is 0.875 bits per heavy atom. The Hall–Kier alpha value is -0.530. The van der Waals surface area contributed by atoms with Gasteiger partial charge in [0.1, 0.15) is 0 Å². The summed E-state index contributed by atoms with van der Waals surface area (Å²) in [7, 11) is 0. The van der Waals surface area contributed by atoms with E-state index in [4.69, 9.17) is 0 Å². The highest BCUT2D eigenvalue weighted by atomic mass is 16.1. The third-order valence-corrected chi connectivity index (χ3v) is 3.89. The van der Waals surface area contributed by atoms with E-state index in [0.29, 0.717) is 12.0 Å². The second-order valence-electron chi connectivity index (χ2n) is 5.27. The number of rotatable bonds is 2. The molecule has 0 aliphatic heterocycles. The van der Waals surface area contributed by atoms with Gasteiger partial charge in [-0.15, -0.1) is 0 Å². The molecule has 2 atom stereocenters. The van der Waals surface area contributed by atoms with Gasteiger partial charge in [-0.1, -0.05) is 58.3 Å². The molecule has 0 bridgehead atoms. The van der Waals surface area contributed by atoms with Gasteiger partial charge in [-0.3, -0.25) is 4.79 Å². The van der Waals surface area contributed by atoms with Gasteiger partial charge in [-0.2, -0.15) is 0 Å². The van der Waals surface area contributed by atoms with Gasteiger partial charge >= 0.3 is 0 Å². The van der Waals surface area contributed by atoms with Gasteiger partial charge in [-0.05, 0) is 18.8 Å². The van der Waals surface area contributed by atoms with Crippen molar-refractivity contribution in [1.29, 1.82) is 0 Å². The van der Waals surface area contributed by atoms with Gasteiger partial charge in [0.25, 0.3) is 0 Å². The van der Waals surface area contributed by atoms with Crippen molar-refractivity contribution < 1.29 is 4.79 Å². The molecule has 0 heterocycles. The first kappa shape index (κ1) is 13.5. The average molecular weight is 225 g/mol. The van der Waals surface area contributed by atoms with Gasteiger partial charge in [0.15, 0.2) is 0 Å². The minimum atomic E-state index is 0.414. The van der Waals surface area contributed by atoms with Crippen LogP contribution in [0.5, 0.6) is 0 Å². The Labute approximate surface area is 100 Å². The average Bonchev–Trinajstić information content (AvgIpc) is 2.28. The van der Waals surface area contributed by atoms with Crippen LogP contribution < -0.4 is 5.32 Å². The molecular weight excluding hydrogens is 198 g/mol. The van der Waals surface area contributed by atoms with Crippen molar-refractivity contribution in [1.82, 2.24) is 5.32 Å². The Morgan fingerprint density at radius 3 is 1.94 bits per heavy atom. The van der Waals surface area contributed by atoms with Crippen LogP contribution in [-0.2, 0) is 4.79 Å². The number of hydrogen-bond donors (Lipinski definition) is 1. The van der Waals surface area contributed by atoms with Crippen LogP contribution in [0.4, 0.5) is 0 Å². The molecule has 0 aromatic carbocycles. The Bertz CT molecular complexity index is 182. The standard InChI is InChI=1S/C14H27NO/c1-13-10-8-6-4-2-3-5-7-9-11-14(13)15-12-16/h12-14H,2-11H2,1H3,(H,15,16). The van der Waals surface area contributed by atoms with Gasteiger partial charge in [0.2, 0.25) is 6.41 Å². The van der Waals surface area contributed by atoms with Gasteiger partial charge in [-0.25, -0.2) is 0 Å². The summed E-state index contributed by atoms with van der Waals surface area (Å²) in [6, 6.07) is 0.414. The molecule has 2 nitrogen and oxygen atoms in total. The summed E-state index contributed by atoms with van der Waals surface area (Å²) in [6.07, 6.45) is 14.2. The zero-order valence-electron chi connectivity index (χ0n) is 10.7. The third-order valence-electron chi connectivity index (χ3n) is 3.89. The molecule has 2 unspecified atom stereocenters. The summed E-state index contributed by atoms with van der Waals surface area (Å²) in [6.45, 7) is 2.28. The SMILES string of the molecule is CC1CCCCCCCCCCC1NC=O. The topological polar surface area (TPSA) is 29.1 Å². The molecule has 0 spiro atoms. The number of amides is 1. The van der Waals surface area contributed by atoms with E-state index in [1.54, 1.807) is 0 Å². The van der Waals surface area contributed by atoms with E-state index in [2.05, 4.69) is 12.2 Å². The highest BCUT2D eigenvalue weighted by molar-refractivity contribution is 5.46. The van der Waals surface area contributed by atoms with Crippen LogP contribution in [0, 0.1) is 5.92 Å². The summed E-state index contributed by atoms with van der Waals surface area (Å²) in [5.74, 6) is 0.643. The van der Waals surface area contributed by atoms with Crippen molar-refractivity contribution in [3.05, 3.63) is 0 Å². The monoisotopic (exact) mass is 225 g/mol. The maximum Gasteiger partial charge on any atom is 0.207 e. The lowest BCUT2D eigenvalue weighted by Crippen LogP contribution is -2.34. The molecule has 94 valence electrons. The fourth-order valence-electron chi connectivity index (χ4n) is 2.71. The lowest BCUT2D eigenvalue weighted by molar-refractivity contribution is -0.110. The maximum absolute atomic E-state index is 10.6. The summed E-state index contributed by atoms with van der Waals surface area (Å²) < 4.78 is 0. The molecule has 1 rings (SSSR count). The van der Waals surface area contributed by atoms with Crippen molar-refractivity contribution in [2.75, 3.05) is 0 Å². The van der Waals surface area contributed by atoms with E-state index >= 15 is 0 Å². The fraction of sp³-hybridized carbons (Fsp3) is 0.929. The van der Waals surface area contributed by atoms with Crippen LogP contribution in [0.15, 0.2) is 0 Å². The van der Waals surface area contributed by atoms with Crippen molar-refractivity contribution in [3.63, 3.8) is 0 Å². The van der Waals surface area contributed by atoms with Crippen LogP contribution in [-0.4, -0.2) is 12.5 Å². The number of carbonyl (C=O) groups excluding carboxylic acids is 1. The number of nitrogens with one attached hydrogen (secondary N) is 1. The largest absolute Gasteiger partial charge is 0.356 e. The zero-order valence-corrected chi connectivity index (χ0v) is 10.7. The van der Waals surface area contributed by atoms with Crippen LogP contribution in [0.3, 0.4) is 0 Å². The summed E-state index contributed by atoms with van der Waals surface area (Å²) in [5.41, 5.74) is 0. The van der Waals surface area contributed by atoms with Crippen molar-refractivity contribution >= 4 is 6.41 Å². The molecule has 1 fully saturated rings. The maximum atomic E-state index is 10.6. The summed E-state index contributed by atoms with van der Waals surface area (Å²) in [5, 5.41) is 3.01. The predicted molar refractivity (Wildman–Crippen MR) is 68.3 cm³/mol.